The van der Waals surface area contributed by atoms with E-state index < -0.39 is 0 Å². The van der Waals surface area contributed by atoms with Crippen molar-refractivity contribution in [2.24, 2.45) is 11.8 Å². The zero-order valence-corrected chi connectivity index (χ0v) is 12.5. The molecule has 2 heteroatoms. The lowest BCUT2D eigenvalue weighted by Crippen LogP contribution is -2.18. The fraction of sp³-hybridized carbons (Fsp3) is 0.500. The number of rotatable bonds is 3. The second-order valence-electron chi connectivity index (χ2n) is 6.18. The quantitative estimate of drug-likeness (QED) is 0.691. The van der Waals surface area contributed by atoms with E-state index in [0.29, 0.717) is 0 Å². The molecule has 1 fully saturated rings. The van der Waals surface area contributed by atoms with Crippen LogP contribution in [0.4, 0.5) is 0 Å². The van der Waals surface area contributed by atoms with E-state index in [0.717, 1.165) is 41.6 Å². The van der Waals surface area contributed by atoms with Gasteiger partial charge in [0, 0.05) is 5.02 Å². The lowest BCUT2D eigenvalue weighted by Gasteiger charge is -2.29. The van der Waals surface area contributed by atoms with Gasteiger partial charge in [-0.2, -0.15) is 0 Å². The second kappa shape index (κ2) is 6.13. The van der Waals surface area contributed by atoms with Crippen LogP contribution < -0.4 is 0 Å². The van der Waals surface area contributed by atoms with Gasteiger partial charge in [0.15, 0.2) is 0 Å². The monoisotopic (exact) mass is 288 g/mol. The van der Waals surface area contributed by atoms with Gasteiger partial charge in [-0.3, -0.25) is 4.79 Å². The Balaban J connectivity index is 1.82. The smallest absolute Gasteiger partial charge is 0.146 e. The number of aldehydes is 1. The molecule has 106 valence electrons. The zero-order valence-electron chi connectivity index (χ0n) is 11.8. The number of halogens is 1. The topological polar surface area (TPSA) is 17.1 Å². The van der Waals surface area contributed by atoms with Crippen molar-refractivity contribution in [3.05, 3.63) is 40.4 Å². The number of benzene rings is 1. The third kappa shape index (κ3) is 2.83. The summed E-state index contributed by atoms with van der Waals surface area (Å²) in [5, 5.41) is 0.752. The number of carbonyl (C=O) groups excluding carboxylic acids is 1. The number of allylic oxidation sites excluding steroid dienone is 2. The van der Waals surface area contributed by atoms with Crippen molar-refractivity contribution in [1.82, 2.24) is 0 Å². The maximum absolute atomic E-state index is 11.5. The fourth-order valence-electron chi connectivity index (χ4n) is 3.93. The van der Waals surface area contributed by atoms with Crippen LogP contribution in [0.5, 0.6) is 0 Å². The summed E-state index contributed by atoms with van der Waals surface area (Å²) in [6, 6.07) is 7.90. The summed E-state index contributed by atoms with van der Waals surface area (Å²) >= 11 is 5.94. The van der Waals surface area contributed by atoms with Crippen molar-refractivity contribution < 1.29 is 4.79 Å². The van der Waals surface area contributed by atoms with Crippen molar-refractivity contribution in [2.45, 2.75) is 44.9 Å². The summed E-state index contributed by atoms with van der Waals surface area (Å²) in [5.74, 6) is 1.59. The molecule has 1 atom stereocenters. The van der Waals surface area contributed by atoms with E-state index in [1.165, 1.54) is 43.2 Å². The number of hydrogen-bond acceptors (Lipinski definition) is 1. The van der Waals surface area contributed by atoms with Crippen LogP contribution >= 0.6 is 11.6 Å². The molecule has 0 amide bonds. The van der Waals surface area contributed by atoms with Gasteiger partial charge in [-0.15, -0.1) is 0 Å². The van der Waals surface area contributed by atoms with Gasteiger partial charge in [-0.05, 0) is 59.9 Å². The summed E-state index contributed by atoms with van der Waals surface area (Å²) in [7, 11) is 0. The Hall–Kier alpha value is -1.08. The van der Waals surface area contributed by atoms with Crippen molar-refractivity contribution in [2.75, 3.05) is 0 Å². The third-order valence-electron chi connectivity index (χ3n) is 5.04. The summed E-state index contributed by atoms with van der Waals surface area (Å²) in [6.45, 7) is 0. The van der Waals surface area contributed by atoms with E-state index in [1.807, 2.05) is 24.3 Å². The van der Waals surface area contributed by atoms with Crippen molar-refractivity contribution >= 4 is 23.5 Å². The van der Waals surface area contributed by atoms with E-state index in [9.17, 15) is 4.79 Å². The molecule has 1 saturated carbocycles. The molecule has 1 aromatic rings. The SMILES string of the molecule is O=CC1=C(c2ccc(Cl)cc2)CCC(C2CCCC2)C1. The minimum absolute atomic E-state index is 0.730. The summed E-state index contributed by atoms with van der Waals surface area (Å²) in [5.41, 5.74) is 3.43. The van der Waals surface area contributed by atoms with E-state index in [-0.39, 0.29) is 0 Å². The predicted octanol–water partition coefficient (Wildman–Crippen LogP) is 5.28. The molecule has 0 N–H and O–H groups in total. The number of hydrogen-bond donors (Lipinski definition) is 0. The molecular weight excluding hydrogens is 268 g/mol. The molecule has 0 saturated heterocycles. The minimum atomic E-state index is 0.730. The molecule has 0 bridgehead atoms. The van der Waals surface area contributed by atoms with Crippen molar-refractivity contribution in [1.29, 1.82) is 0 Å². The highest BCUT2D eigenvalue weighted by Gasteiger charge is 2.29. The first kappa shape index (κ1) is 13.9. The van der Waals surface area contributed by atoms with E-state index in [4.69, 9.17) is 11.6 Å². The van der Waals surface area contributed by atoms with Gasteiger partial charge < -0.3 is 0 Å². The van der Waals surface area contributed by atoms with Gasteiger partial charge in [0.05, 0.1) is 0 Å². The predicted molar refractivity (Wildman–Crippen MR) is 83.7 cm³/mol. The highest BCUT2D eigenvalue weighted by molar-refractivity contribution is 6.30. The fourth-order valence-corrected chi connectivity index (χ4v) is 4.06. The molecule has 3 rings (SSSR count). The molecule has 20 heavy (non-hydrogen) atoms. The maximum atomic E-state index is 11.5. The number of carbonyl (C=O) groups is 1. The van der Waals surface area contributed by atoms with E-state index in [2.05, 4.69) is 0 Å². The molecule has 1 nitrogen and oxygen atoms in total. The molecule has 2 aliphatic rings. The standard InChI is InChI=1S/C18H21ClO/c19-17-8-5-14(6-9-17)18-10-7-15(11-16(18)12-20)13-3-1-2-4-13/h5-6,8-9,12-13,15H,1-4,7,10-11H2. The van der Waals surface area contributed by atoms with Gasteiger partial charge in [-0.25, -0.2) is 0 Å². The highest BCUT2D eigenvalue weighted by Crippen LogP contribution is 2.43. The van der Waals surface area contributed by atoms with Crippen LogP contribution in [0.1, 0.15) is 50.5 Å². The normalized spacial score (nSPS) is 24.1. The van der Waals surface area contributed by atoms with Crippen molar-refractivity contribution in [3.8, 4) is 0 Å². The largest absolute Gasteiger partial charge is 0.298 e. The van der Waals surface area contributed by atoms with Crippen LogP contribution in [0, 0.1) is 11.8 Å². The Kier molecular flexibility index (Phi) is 4.26. The molecule has 0 aromatic heterocycles. The van der Waals surface area contributed by atoms with Crippen LogP contribution in [-0.2, 0) is 4.79 Å². The maximum Gasteiger partial charge on any atom is 0.146 e. The Labute approximate surface area is 126 Å². The first-order chi connectivity index (χ1) is 9.78. The summed E-state index contributed by atoms with van der Waals surface area (Å²) < 4.78 is 0. The third-order valence-corrected chi connectivity index (χ3v) is 5.29. The molecule has 0 heterocycles. The molecule has 0 aliphatic heterocycles. The molecule has 0 radical (unpaired) electrons. The second-order valence-corrected chi connectivity index (χ2v) is 6.61. The first-order valence-electron chi connectivity index (χ1n) is 7.71. The lowest BCUT2D eigenvalue weighted by atomic mass is 9.75. The molecule has 1 unspecified atom stereocenters. The van der Waals surface area contributed by atoms with Crippen LogP contribution in [0.25, 0.3) is 5.57 Å². The van der Waals surface area contributed by atoms with Gasteiger partial charge in [0.25, 0.3) is 0 Å². The van der Waals surface area contributed by atoms with Gasteiger partial charge in [-0.1, -0.05) is 49.4 Å². The lowest BCUT2D eigenvalue weighted by molar-refractivity contribution is -0.105. The van der Waals surface area contributed by atoms with Crippen LogP contribution in [-0.4, -0.2) is 6.29 Å². The summed E-state index contributed by atoms with van der Waals surface area (Å²) in [4.78, 5) is 11.5. The Morgan fingerprint density at radius 3 is 2.35 bits per heavy atom. The Bertz CT molecular complexity index is 509. The average molecular weight is 289 g/mol. The first-order valence-corrected chi connectivity index (χ1v) is 8.09. The van der Waals surface area contributed by atoms with Gasteiger partial charge in [0.1, 0.15) is 6.29 Å². The average Bonchev–Trinajstić information content (AvgIpc) is 3.02. The highest BCUT2D eigenvalue weighted by atomic mass is 35.5. The Morgan fingerprint density at radius 1 is 1.00 bits per heavy atom. The van der Waals surface area contributed by atoms with Gasteiger partial charge in [0.2, 0.25) is 0 Å². The molecular formula is C18H21ClO. The van der Waals surface area contributed by atoms with Crippen LogP contribution in [0.15, 0.2) is 29.8 Å². The molecule has 2 aliphatic carbocycles. The Morgan fingerprint density at radius 2 is 1.70 bits per heavy atom. The minimum Gasteiger partial charge on any atom is -0.298 e. The van der Waals surface area contributed by atoms with Gasteiger partial charge >= 0.3 is 0 Å². The van der Waals surface area contributed by atoms with Crippen molar-refractivity contribution in [3.63, 3.8) is 0 Å². The van der Waals surface area contributed by atoms with E-state index in [1.54, 1.807) is 0 Å². The van der Waals surface area contributed by atoms with Crippen LogP contribution in [0.2, 0.25) is 5.02 Å². The zero-order chi connectivity index (χ0) is 13.9. The summed E-state index contributed by atoms with van der Waals surface area (Å²) in [6.07, 6.45) is 9.84. The molecule has 1 aromatic carbocycles. The van der Waals surface area contributed by atoms with E-state index >= 15 is 0 Å². The van der Waals surface area contributed by atoms with Crippen LogP contribution in [0.3, 0.4) is 0 Å². The molecule has 0 spiro atoms.